The van der Waals surface area contributed by atoms with Gasteiger partial charge in [-0.1, -0.05) is 54.6 Å². The van der Waals surface area contributed by atoms with Crippen molar-refractivity contribution in [3.63, 3.8) is 0 Å². The van der Waals surface area contributed by atoms with Gasteiger partial charge in [0.15, 0.2) is 5.69 Å². The van der Waals surface area contributed by atoms with E-state index < -0.39 is 11.7 Å². The minimum atomic E-state index is -4.67. The number of hydrogen-bond acceptors (Lipinski definition) is 1. The molecule has 242 valence electrons. The smallest absolute Gasteiger partial charge is 0.308 e. The van der Waals surface area contributed by atoms with Crippen LogP contribution in [0.5, 0.6) is 0 Å². The number of aryl methyl sites for hydroxylation is 4. The highest BCUT2D eigenvalue weighted by molar-refractivity contribution is 6.12. The maximum absolute atomic E-state index is 14.3. The van der Waals surface area contributed by atoms with E-state index in [1.54, 1.807) is 6.07 Å². The van der Waals surface area contributed by atoms with Crippen molar-refractivity contribution in [3.8, 4) is 28.6 Å². The fourth-order valence-corrected chi connectivity index (χ4v) is 7.31. The summed E-state index contributed by atoms with van der Waals surface area (Å²) >= 11 is 0. The topological polar surface area (TPSA) is 38.0 Å². The normalized spacial score (nSPS) is 11.9. The summed E-state index contributed by atoms with van der Waals surface area (Å²) in [5.74, 6) is 0. The lowest BCUT2D eigenvalue weighted by Gasteiger charge is -2.21. The lowest BCUT2D eigenvalue weighted by atomic mass is 9.96. The Balaban J connectivity index is 1.60. The fraction of sp³-hybridized carbons (Fsp3) is 0.116. The van der Waals surface area contributed by atoms with Crippen molar-refractivity contribution in [2.75, 3.05) is 0 Å². The number of alkyl halides is 3. The fourth-order valence-electron chi connectivity index (χ4n) is 7.31. The van der Waals surface area contributed by atoms with Gasteiger partial charge in [-0.2, -0.15) is 18.4 Å². The van der Waals surface area contributed by atoms with Gasteiger partial charge in [-0.25, -0.2) is 4.85 Å². The van der Waals surface area contributed by atoms with Gasteiger partial charge < -0.3 is 9.13 Å². The summed E-state index contributed by atoms with van der Waals surface area (Å²) in [5, 5.41) is 15.2. The molecule has 0 saturated heterocycles. The van der Waals surface area contributed by atoms with Gasteiger partial charge in [-0.3, -0.25) is 0 Å². The van der Waals surface area contributed by atoms with Crippen molar-refractivity contribution in [2.24, 2.45) is 0 Å². The Morgan fingerprint density at radius 2 is 1.06 bits per heavy atom. The molecule has 0 unspecified atom stereocenters. The van der Waals surface area contributed by atoms with Crippen molar-refractivity contribution in [1.29, 1.82) is 5.26 Å². The van der Waals surface area contributed by atoms with Crippen molar-refractivity contribution >= 4 is 49.3 Å². The maximum atomic E-state index is 14.3. The molecule has 0 N–H and O–H groups in total. The first kappa shape index (κ1) is 31.0. The zero-order chi connectivity index (χ0) is 35.1. The largest absolute Gasteiger partial charge is 0.415 e. The average molecular weight is 659 g/mol. The summed E-state index contributed by atoms with van der Waals surface area (Å²) in [6, 6.07) is 34.3. The molecule has 8 rings (SSSR count). The minimum absolute atomic E-state index is 0.134. The number of nitriles is 1. The van der Waals surface area contributed by atoms with E-state index in [4.69, 9.17) is 6.57 Å². The monoisotopic (exact) mass is 658 g/mol. The highest BCUT2D eigenvalue weighted by atomic mass is 19.4. The molecule has 0 aliphatic carbocycles. The predicted molar refractivity (Wildman–Crippen MR) is 195 cm³/mol. The molecule has 0 aliphatic rings. The molecule has 7 heteroatoms. The number of nitrogens with zero attached hydrogens (tertiary/aromatic N) is 4. The van der Waals surface area contributed by atoms with Gasteiger partial charge in [-0.05, 0) is 104 Å². The average Bonchev–Trinajstić information content (AvgIpc) is 3.56. The second kappa shape index (κ2) is 11.1. The van der Waals surface area contributed by atoms with E-state index in [1.807, 2.05) is 74.7 Å². The SMILES string of the molecule is [C-]#[N+]c1cc(-c2ccc(-n3c4cc(C)ccc4c4ccc(C)cc43)c(C#N)c2-n2c3cc(C)ccc3c3ccc(C)cc32)cc(C(F)(F)F)c1. The predicted octanol–water partition coefficient (Wildman–Crippen LogP) is 12.2. The molecule has 0 saturated carbocycles. The van der Waals surface area contributed by atoms with Crippen LogP contribution in [0.15, 0.2) is 103 Å². The standard InChI is InChI=1S/C43H29F3N4/c1-24-6-10-32-33-11-7-25(2)17-39(33)49(38(32)16-24)37-15-14-31(28-20-29(43(44,45)46)22-30(21-28)48-5)42(36(37)23-47)50-40-18-26(3)8-12-34(40)35-13-9-27(4)19-41(35)50/h6-22H,1-4H3. The number of rotatable bonds is 3. The van der Waals surface area contributed by atoms with E-state index in [0.29, 0.717) is 22.5 Å². The molecular formula is C43H29F3N4. The Morgan fingerprint density at radius 1 is 0.600 bits per heavy atom. The molecule has 2 heterocycles. The molecule has 0 amide bonds. The first-order valence-electron chi connectivity index (χ1n) is 16.2. The second-order valence-electron chi connectivity index (χ2n) is 13.1. The molecule has 0 atom stereocenters. The Kier molecular flexibility index (Phi) is 6.89. The maximum Gasteiger partial charge on any atom is 0.415 e. The third-order valence-corrected chi connectivity index (χ3v) is 9.57. The van der Waals surface area contributed by atoms with Gasteiger partial charge >= 0.3 is 6.18 Å². The van der Waals surface area contributed by atoms with Crippen LogP contribution in [0.1, 0.15) is 33.4 Å². The molecule has 0 bridgehead atoms. The minimum Gasteiger partial charge on any atom is -0.308 e. The van der Waals surface area contributed by atoms with Crippen LogP contribution in [0.25, 0.3) is 71.0 Å². The van der Waals surface area contributed by atoms with Crippen LogP contribution in [-0.2, 0) is 6.18 Å². The number of fused-ring (bicyclic) bond motifs is 6. The van der Waals surface area contributed by atoms with Crippen molar-refractivity contribution in [1.82, 2.24) is 9.13 Å². The molecule has 0 spiro atoms. The number of hydrogen-bond donors (Lipinski definition) is 0. The summed E-state index contributed by atoms with van der Waals surface area (Å²) in [4.78, 5) is 3.41. The molecule has 2 aromatic heterocycles. The Labute approximate surface area is 286 Å². The summed E-state index contributed by atoms with van der Waals surface area (Å²) in [7, 11) is 0. The third-order valence-electron chi connectivity index (χ3n) is 9.57. The molecule has 8 aromatic rings. The molecular weight excluding hydrogens is 629 g/mol. The van der Waals surface area contributed by atoms with Gasteiger partial charge in [0.1, 0.15) is 11.6 Å². The number of aromatic nitrogens is 2. The first-order valence-corrected chi connectivity index (χ1v) is 16.2. The van der Waals surface area contributed by atoms with E-state index in [-0.39, 0.29) is 11.3 Å². The van der Waals surface area contributed by atoms with Crippen molar-refractivity contribution in [2.45, 2.75) is 33.9 Å². The zero-order valence-electron chi connectivity index (χ0n) is 27.7. The van der Waals surface area contributed by atoms with Gasteiger partial charge in [0.25, 0.3) is 0 Å². The van der Waals surface area contributed by atoms with Crippen LogP contribution in [0.3, 0.4) is 0 Å². The van der Waals surface area contributed by atoms with Crippen LogP contribution in [-0.4, -0.2) is 9.13 Å². The molecule has 6 aromatic carbocycles. The van der Waals surface area contributed by atoms with E-state index >= 15 is 0 Å². The molecule has 0 aliphatic heterocycles. The third kappa shape index (κ3) is 4.74. The van der Waals surface area contributed by atoms with E-state index in [2.05, 4.69) is 51.9 Å². The summed E-state index contributed by atoms with van der Waals surface area (Å²) in [5.41, 5.74) is 8.51. The Morgan fingerprint density at radius 3 is 1.48 bits per heavy atom. The first-order chi connectivity index (χ1) is 24.0. The van der Waals surface area contributed by atoms with Crippen molar-refractivity contribution in [3.05, 3.63) is 148 Å². The van der Waals surface area contributed by atoms with Crippen LogP contribution < -0.4 is 0 Å². The van der Waals surface area contributed by atoms with E-state index in [9.17, 15) is 18.4 Å². The van der Waals surface area contributed by atoms with Crippen molar-refractivity contribution < 1.29 is 13.2 Å². The number of halogens is 3. The highest BCUT2D eigenvalue weighted by Gasteiger charge is 2.32. The quantitative estimate of drug-likeness (QED) is 0.174. The summed E-state index contributed by atoms with van der Waals surface area (Å²) in [6.45, 7) is 15.7. The van der Waals surface area contributed by atoms with Crippen LogP contribution in [0.4, 0.5) is 18.9 Å². The molecule has 0 radical (unpaired) electrons. The van der Waals surface area contributed by atoms with Crippen LogP contribution in [0.2, 0.25) is 0 Å². The van der Waals surface area contributed by atoms with Gasteiger partial charge in [-0.15, -0.1) is 0 Å². The lowest BCUT2D eigenvalue weighted by Crippen LogP contribution is -2.08. The van der Waals surface area contributed by atoms with E-state index in [1.165, 1.54) is 6.07 Å². The van der Waals surface area contributed by atoms with Gasteiger partial charge in [0.05, 0.1) is 40.0 Å². The van der Waals surface area contributed by atoms with E-state index in [0.717, 1.165) is 78.0 Å². The lowest BCUT2D eigenvalue weighted by molar-refractivity contribution is -0.137. The Hall–Kier alpha value is -6.31. The highest BCUT2D eigenvalue weighted by Crippen LogP contribution is 2.44. The number of benzene rings is 6. The Bertz CT molecular complexity index is 2700. The summed E-state index contributed by atoms with van der Waals surface area (Å²) in [6.07, 6.45) is -4.67. The van der Waals surface area contributed by atoms with Crippen LogP contribution >= 0.6 is 0 Å². The van der Waals surface area contributed by atoms with Crippen LogP contribution in [0, 0.1) is 45.6 Å². The molecule has 4 nitrogen and oxygen atoms in total. The van der Waals surface area contributed by atoms with Gasteiger partial charge in [0, 0.05) is 32.7 Å². The summed E-state index contributed by atoms with van der Waals surface area (Å²) < 4.78 is 46.9. The molecule has 50 heavy (non-hydrogen) atoms. The second-order valence-corrected chi connectivity index (χ2v) is 13.1. The zero-order valence-corrected chi connectivity index (χ0v) is 27.7. The molecule has 0 fully saturated rings. The van der Waals surface area contributed by atoms with Gasteiger partial charge in [0.2, 0.25) is 0 Å².